The first-order chi connectivity index (χ1) is 14.7. The zero-order valence-corrected chi connectivity index (χ0v) is 18.2. The van der Waals surface area contributed by atoms with Crippen molar-refractivity contribution in [3.05, 3.63) is 106 Å². The zero-order chi connectivity index (χ0) is 20.5. The first-order valence-corrected chi connectivity index (χ1v) is 11.0. The second-order valence-electron chi connectivity index (χ2n) is 8.07. The van der Waals surface area contributed by atoms with Crippen LogP contribution in [0.5, 0.6) is 0 Å². The van der Waals surface area contributed by atoms with E-state index in [1.807, 2.05) is 12.4 Å². The predicted octanol–water partition coefficient (Wildman–Crippen LogP) is 6.09. The number of benzene rings is 2. The first kappa shape index (κ1) is 19.2. The Morgan fingerprint density at radius 2 is 1.47 bits per heavy atom. The lowest BCUT2D eigenvalue weighted by atomic mass is 9.86. The number of pyridine rings is 1. The summed E-state index contributed by atoms with van der Waals surface area (Å²) in [6.45, 7) is 4.09. The van der Waals surface area contributed by atoms with Crippen LogP contribution in [-0.4, -0.2) is 28.4 Å². The lowest BCUT2D eigenvalue weighted by Gasteiger charge is -2.31. The summed E-state index contributed by atoms with van der Waals surface area (Å²) in [5.74, 6) is 0. The molecule has 2 aliphatic rings. The molecule has 3 heteroatoms. The van der Waals surface area contributed by atoms with Gasteiger partial charge in [0.25, 0.3) is 0 Å². The van der Waals surface area contributed by atoms with E-state index in [0.717, 1.165) is 36.9 Å². The van der Waals surface area contributed by atoms with E-state index in [-0.39, 0.29) is 0 Å². The minimum Gasteiger partial charge on any atom is -0.270 e. The topological polar surface area (TPSA) is 16.1 Å². The molecule has 0 radical (unpaired) electrons. The Labute approximate surface area is 180 Å². The maximum Gasteiger partial charge on any atom is 0.0463 e. The van der Waals surface area contributed by atoms with Crippen molar-refractivity contribution in [1.29, 1.82) is 0 Å². The van der Waals surface area contributed by atoms with E-state index in [4.69, 9.17) is 0 Å². The summed E-state index contributed by atoms with van der Waals surface area (Å²) >= 11 is 0. The standard InChI is InChI=1S/C27H25N2P/c1-19-16-23(18-28-17-19)27(30)29-14-12-22(13-15-29)26-24-8-4-2-6-20(24)10-11-21-7-3-5-9-25(21)26/h2-11,16-18,30H,12-15H2,1H3. The van der Waals surface area contributed by atoms with Gasteiger partial charge in [-0.1, -0.05) is 66.3 Å². The van der Waals surface area contributed by atoms with Gasteiger partial charge < -0.3 is 0 Å². The van der Waals surface area contributed by atoms with E-state index in [1.54, 1.807) is 5.57 Å². The van der Waals surface area contributed by atoms with Crippen LogP contribution in [0.3, 0.4) is 0 Å². The van der Waals surface area contributed by atoms with Crippen LogP contribution < -0.4 is 0 Å². The smallest absolute Gasteiger partial charge is 0.0463 e. The number of hydrogen-bond acceptors (Lipinski definition) is 1. The maximum atomic E-state index is 4.35. The van der Waals surface area contributed by atoms with Gasteiger partial charge in [0.2, 0.25) is 0 Å². The summed E-state index contributed by atoms with van der Waals surface area (Å²) in [6.07, 6.45) is 10.5. The number of likely N-dealkylation sites (tertiary alicyclic amines) is 1. The number of piperidine rings is 1. The van der Waals surface area contributed by atoms with Gasteiger partial charge in [-0.3, -0.25) is 9.88 Å². The lowest BCUT2D eigenvalue weighted by molar-refractivity contribution is 0.395. The van der Waals surface area contributed by atoms with Crippen molar-refractivity contribution in [2.45, 2.75) is 19.8 Å². The van der Waals surface area contributed by atoms with Crippen molar-refractivity contribution in [1.82, 2.24) is 9.88 Å². The highest BCUT2D eigenvalue weighted by atomic mass is 31.0. The van der Waals surface area contributed by atoms with E-state index in [2.05, 4.69) is 92.4 Å². The molecule has 0 spiro atoms. The minimum atomic E-state index is 1.00. The van der Waals surface area contributed by atoms with Gasteiger partial charge in [-0.15, -0.1) is 8.86 Å². The summed E-state index contributed by atoms with van der Waals surface area (Å²) in [6, 6.07) is 19.8. The van der Waals surface area contributed by atoms with Crippen molar-refractivity contribution in [2.75, 3.05) is 13.1 Å². The molecule has 0 amide bonds. The van der Waals surface area contributed by atoms with Crippen LogP contribution in [0.2, 0.25) is 0 Å². The minimum absolute atomic E-state index is 1.00. The third-order valence-electron chi connectivity index (χ3n) is 6.09. The Morgan fingerprint density at radius 1 is 0.867 bits per heavy atom. The molecule has 2 aromatic carbocycles. The number of fused-ring (bicyclic) bond motifs is 2. The maximum absolute atomic E-state index is 4.35. The Morgan fingerprint density at radius 3 is 2.07 bits per heavy atom. The summed E-state index contributed by atoms with van der Waals surface area (Å²) < 4.78 is 0. The molecule has 2 heterocycles. The van der Waals surface area contributed by atoms with Crippen LogP contribution in [0.1, 0.15) is 46.2 Å². The molecule has 1 saturated heterocycles. The van der Waals surface area contributed by atoms with Gasteiger partial charge in [0.15, 0.2) is 0 Å². The van der Waals surface area contributed by atoms with Gasteiger partial charge in [0.1, 0.15) is 0 Å². The number of aryl methyl sites for hydroxylation is 1. The fraction of sp³-hybridized carbons (Fsp3) is 0.185. The van der Waals surface area contributed by atoms with Crippen LogP contribution >= 0.6 is 8.86 Å². The van der Waals surface area contributed by atoms with Crippen LogP contribution in [0, 0.1) is 6.92 Å². The van der Waals surface area contributed by atoms with Crippen molar-refractivity contribution in [3.63, 3.8) is 0 Å². The Bertz CT molecular complexity index is 1130. The summed E-state index contributed by atoms with van der Waals surface area (Å²) in [4.78, 5) is 6.79. The molecule has 1 aliphatic carbocycles. The SMILES string of the molecule is Cc1cncc(C(=P)N2CCC(=C3c4ccccc4C=Cc4ccccc43)CC2)c1. The normalized spacial score (nSPS) is 16.0. The fourth-order valence-electron chi connectivity index (χ4n) is 4.56. The third kappa shape index (κ3) is 3.58. The van der Waals surface area contributed by atoms with Gasteiger partial charge in [-0.2, -0.15) is 0 Å². The molecule has 1 fully saturated rings. The largest absolute Gasteiger partial charge is 0.270 e. The number of hydrogen-bond donors (Lipinski definition) is 0. The summed E-state index contributed by atoms with van der Waals surface area (Å²) in [5.41, 5.74) is 11.8. The van der Waals surface area contributed by atoms with E-state index < -0.39 is 0 Å². The Kier molecular flexibility index (Phi) is 5.21. The van der Waals surface area contributed by atoms with Gasteiger partial charge in [-0.25, -0.2) is 0 Å². The first-order valence-electron chi connectivity index (χ1n) is 10.5. The molecular formula is C27H25N2P. The second kappa shape index (κ2) is 8.14. The average molecular weight is 408 g/mol. The molecule has 0 saturated carbocycles. The summed E-state index contributed by atoms with van der Waals surface area (Å²) in [5, 5.41) is 0. The van der Waals surface area contributed by atoms with E-state index in [1.165, 1.54) is 33.4 Å². The van der Waals surface area contributed by atoms with Crippen molar-refractivity contribution in [2.24, 2.45) is 0 Å². The number of nitrogens with zero attached hydrogens (tertiary/aromatic N) is 2. The van der Waals surface area contributed by atoms with Crippen molar-refractivity contribution >= 4 is 32.0 Å². The highest BCUT2D eigenvalue weighted by molar-refractivity contribution is 7.21. The van der Waals surface area contributed by atoms with E-state index in [9.17, 15) is 0 Å². The van der Waals surface area contributed by atoms with E-state index in [0.29, 0.717) is 0 Å². The molecule has 0 bridgehead atoms. The highest BCUT2D eigenvalue weighted by Crippen LogP contribution is 2.38. The van der Waals surface area contributed by atoms with Crippen molar-refractivity contribution < 1.29 is 0 Å². The average Bonchev–Trinajstić information content (AvgIpc) is 2.96. The molecule has 0 atom stereocenters. The van der Waals surface area contributed by atoms with Crippen molar-refractivity contribution in [3.8, 4) is 0 Å². The monoisotopic (exact) mass is 408 g/mol. The molecule has 2 nitrogen and oxygen atoms in total. The van der Waals surface area contributed by atoms with Gasteiger partial charge >= 0.3 is 0 Å². The quantitative estimate of drug-likeness (QED) is 0.373. The van der Waals surface area contributed by atoms with Crippen LogP contribution in [0.4, 0.5) is 0 Å². The second-order valence-corrected chi connectivity index (χ2v) is 8.55. The highest BCUT2D eigenvalue weighted by Gasteiger charge is 2.24. The van der Waals surface area contributed by atoms with Gasteiger partial charge in [-0.05, 0) is 59.2 Å². The van der Waals surface area contributed by atoms with Crippen LogP contribution in [0.25, 0.3) is 17.7 Å². The molecule has 1 aliphatic heterocycles. The Balaban J connectivity index is 1.49. The number of aromatic nitrogens is 1. The molecule has 5 rings (SSSR count). The zero-order valence-electron chi connectivity index (χ0n) is 17.2. The molecule has 30 heavy (non-hydrogen) atoms. The fourth-order valence-corrected chi connectivity index (χ4v) is 4.92. The van der Waals surface area contributed by atoms with E-state index >= 15 is 0 Å². The van der Waals surface area contributed by atoms with Crippen LogP contribution in [-0.2, 0) is 0 Å². The predicted molar refractivity (Wildman–Crippen MR) is 130 cm³/mol. The Hall–Kier alpha value is -2.80. The van der Waals surface area contributed by atoms with Crippen LogP contribution in [0.15, 0.2) is 72.6 Å². The molecule has 148 valence electrons. The molecule has 0 unspecified atom stereocenters. The van der Waals surface area contributed by atoms with Gasteiger partial charge in [0, 0.05) is 36.5 Å². The third-order valence-corrected chi connectivity index (χ3v) is 6.69. The molecule has 0 N–H and O–H groups in total. The summed E-state index contributed by atoms with van der Waals surface area (Å²) in [7, 11) is 3.90. The lowest BCUT2D eigenvalue weighted by Crippen LogP contribution is -2.36. The molecule has 3 aromatic rings. The van der Waals surface area contributed by atoms with Gasteiger partial charge in [0.05, 0.1) is 0 Å². The molecular weight excluding hydrogens is 383 g/mol. The molecule has 1 aromatic heterocycles. The number of rotatable bonds is 2.